The Morgan fingerprint density at radius 3 is 2.92 bits per heavy atom. The smallest absolute Gasteiger partial charge is 0.172 e. The minimum atomic E-state index is 0.451. The van der Waals surface area contributed by atoms with Gasteiger partial charge in [-0.2, -0.15) is 5.10 Å². The summed E-state index contributed by atoms with van der Waals surface area (Å²) in [6.45, 7) is 7.21. The first kappa shape index (κ1) is 22.2. The van der Waals surface area contributed by atoms with Crippen LogP contribution in [-0.2, 0) is 6.42 Å². The molecule has 1 aliphatic rings. The maximum absolute atomic E-state index is 5.92. The maximum Gasteiger partial charge on any atom is 0.172 e. The quantitative estimate of drug-likeness (QED) is 0.390. The molecule has 6 rings (SSSR count). The number of fused-ring (bicyclic) bond motifs is 3. The van der Waals surface area contributed by atoms with Crippen molar-refractivity contribution in [1.82, 2.24) is 34.9 Å². The number of likely N-dealkylation sites (N-methyl/N-ethyl adjacent to an activating group) is 1. The zero-order chi connectivity index (χ0) is 24.5. The zero-order valence-electron chi connectivity index (χ0n) is 20.3. The molecule has 0 unspecified atom stereocenters. The molecule has 5 aromatic rings. The molecule has 182 valence electrons. The van der Waals surface area contributed by atoms with Gasteiger partial charge in [-0.15, -0.1) is 0 Å². The molecule has 10 heteroatoms. The number of ether oxygens (including phenoxy) is 1. The van der Waals surface area contributed by atoms with Crippen LogP contribution in [0.1, 0.15) is 23.6 Å². The molecule has 2 N–H and O–H groups in total. The van der Waals surface area contributed by atoms with Gasteiger partial charge in [0.1, 0.15) is 24.9 Å². The van der Waals surface area contributed by atoms with Gasteiger partial charge in [-0.25, -0.2) is 24.5 Å². The van der Waals surface area contributed by atoms with Crippen LogP contribution >= 0.6 is 0 Å². The molecule has 0 radical (unpaired) electrons. The van der Waals surface area contributed by atoms with E-state index >= 15 is 0 Å². The third kappa shape index (κ3) is 4.27. The Kier molecular flexibility index (Phi) is 5.78. The lowest BCUT2D eigenvalue weighted by Gasteiger charge is -2.27. The van der Waals surface area contributed by atoms with Crippen LogP contribution in [0.25, 0.3) is 16.7 Å². The first-order chi connectivity index (χ1) is 17.7. The lowest BCUT2D eigenvalue weighted by molar-refractivity contribution is 0.279. The van der Waals surface area contributed by atoms with Crippen LogP contribution in [0.5, 0.6) is 5.75 Å². The van der Waals surface area contributed by atoms with Crippen molar-refractivity contribution in [2.24, 2.45) is 0 Å². The number of pyridine rings is 2. The van der Waals surface area contributed by atoms with Gasteiger partial charge in [-0.3, -0.25) is 5.32 Å². The third-order valence-electron chi connectivity index (χ3n) is 6.47. The minimum absolute atomic E-state index is 0.451. The molecule has 36 heavy (non-hydrogen) atoms. The van der Waals surface area contributed by atoms with Crippen molar-refractivity contribution in [2.45, 2.75) is 20.3 Å². The van der Waals surface area contributed by atoms with Crippen molar-refractivity contribution < 1.29 is 4.74 Å². The minimum Gasteiger partial charge on any atom is -0.474 e. The van der Waals surface area contributed by atoms with E-state index in [0.29, 0.717) is 12.5 Å². The van der Waals surface area contributed by atoms with E-state index in [-0.39, 0.29) is 0 Å². The summed E-state index contributed by atoms with van der Waals surface area (Å²) in [6.07, 6.45) is 5.89. The van der Waals surface area contributed by atoms with Gasteiger partial charge in [0.05, 0.1) is 5.52 Å². The highest BCUT2D eigenvalue weighted by Crippen LogP contribution is 2.33. The van der Waals surface area contributed by atoms with E-state index in [0.717, 1.165) is 60.0 Å². The molecule has 0 fully saturated rings. The van der Waals surface area contributed by atoms with E-state index < -0.39 is 0 Å². The van der Waals surface area contributed by atoms with Crippen LogP contribution in [0.4, 0.5) is 17.3 Å². The summed E-state index contributed by atoms with van der Waals surface area (Å²) in [5.74, 6) is 2.22. The van der Waals surface area contributed by atoms with Crippen molar-refractivity contribution >= 4 is 34.0 Å². The number of nitrogens with one attached hydrogen (secondary N) is 2. The van der Waals surface area contributed by atoms with E-state index in [1.54, 1.807) is 17.2 Å². The van der Waals surface area contributed by atoms with E-state index in [1.165, 1.54) is 16.7 Å². The number of rotatable bonds is 5. The second kappa shape index (κ2) is 9.38. The van der Waals surface area contributed by atoms with Gasteiger partial charge in [0, 0.05) is 37.6 Å². The van der Waals surface area contributed by atoms with E-state index in [2.05, 4.69) is 79.8 Å². The fraction of sp³-hybridized carbons (Fsp3) is 0.269. The number of hydrogen-bond donors (Lipinski definition) is 2. The standard InChI is InChI=1S/C26H27N9O/c1-3-34-9-7-27-16-36-22-13-21-24(33-26(22)34)25(30-14-28-21)32-20-5-4-19(17(2)10-20)11-18-6-8-35-23(12-18)29-15-31-35/h4-6,8,10,12-15,27H,3,7,9,11,16H2,1-2H3,(H,28,30,32). The lowest BCUT2D eigenvalue weighted by Crippen LogP contribution is -2.37. The molecule has 0 aliphatic carbocycles. The molecule has 0 saturated carbocycles. The highest BCUT2D eigenvalue weighted by Gasteiger charge is 2.19. The molecular formula is C26H27N9O. The third-order valence-corrected chi connectivity index (χ3v) is 6.47. The molecule has 0 spiro atoms. The molecule has 1 aromatic carbocycles. The van der Waals surface area contributed by atoms with Gasteiger partial charge >= 0.3 is 0 Å². The van der Waals surface area contributed by atoms with Gasteiger partial charge in [0.2, 0.25) is 0 Å². The van der Waals surface area contributed by atoms with Crippen molar-refractivity contribution in [3.05, 3.63) is 71.9 Å². The van der Waals surface area contributed by atoms with Gasteiger partial charge in [-0.1, -0.05) is 6.07 Å². The molecule has 0 saturated heterocycles. The van der Waals surface area contributed by atoms with Gasteiger partial charge in [-0.05, 0) is 61.2 Å². The summed E-state index contributed by atoms with van der Waals surface area (Å²) in [6, 6.07) is 12.5. The number of anilines is 3. The zero-order valence-corrected chi connectivity index (χ0v) is 20.3. The van der Waals surface area contributed by atoms with E-state index in [9.17, 15) is 0 Å². The molecule has 5 heterocycles. The SMILES string of the molecule is CCN1CCNCOc2cc3ncnc(Nc4ccc(Cc5ccn6ncnc6c5)c(C)c4)c3nc21. The first-order valence-electron chi connectivity index (χ1n) is 12.1. The largest absolute Gasteiger partial charge is 0.474 e. The van der Waals surface area contributed by atoms with Crippen molar-refractivity contribution in [3.63, 3.8) is 0 Å². The Morgan fingerprint density at radius 2 is 2.03 bits per heavy atom. The molecule has 0 amide bonds. The lowest BCUT2D eigenvalue weighted by atomic mass is 10.0. The topological polar surface area (TPSA) is 105 Å². The number of aryl methyl sites for hydroxylation is 1. The second-order valence-corrected chi connectivity index (χ2v) is 8.81. The summed E-state index contributed by atoms with van der Waals surface area (Å²) in [4.78, 5) is 20.4. The number of aromatic nitrogens is 6. The van der Waals surface area contributed by atoms with Crippen LogP contribution in [0, 0.1) is 6.92 Å². The van der Waals surface area contributed by atoms with Crippen molar-refractivity contribution in [3.8, 4) is 5.75 Å². The first-order valence-corrected chi connectivity index (χ1v) is 12.1. The molecule has 4 aromatic heterocycles. The van der Waals surface area contributed by atoms with Crippen LogP contribution in [0.15, 0.2) is 55.2 Å². The number of hydrogen-bond acceptors (Lipinski definition) is 9. The van der Waals surface area contributed by atoms with Gasteiger partial charge < -0.3 is 15.0 Å². The Bertz CT molecular complexity index is 1550. The number of nitrogens with zero attached hydrogens (tertiary/aromatic N) is 7. The van der Waals surface area contributed by atoms with Gasteiger partial charge in [0.25, 0.3) is 0 Å². The molecule has 1 aliphatic heterocycles. The summed E-state index contributed by atoms with van der Waals surface area (Å²) in [5, 5.41) is 10.9. The Morgan fingerprint density at radius 1 is 1.08 bits per heavy atom. The van der Waals surface area contributed by atoms with Crippen molar-refractivity contribution in [1.29, 1.82) is 0 Å². The predicted octanol–water partition coefficient (Wildman–Crippen LogP) is 3.48. The average molecular weight is 482 g/mol. The van der Waals surface area contributed by atoms with Crippen LogP contribution < -0.4 is 20.3 Å². The summed E-state index contributed by atoms with van der Waals surface area (Å²) in [7, 11) is 0. The predicted molar refractivity (Wildman–Crippen MR) is 139 cm³/mol. The van der Waals surface area contributed by atoms with Crippen LogP contribution in [0.3, 0.4) is 0 Å². The van der Waals surface area contributed by atoms with E-state index in [4.69, 9.17) is 9.72 Å². The molecule has 0 atom stereocenters. The van der Waals surface area contributed by atoms with Crippen molar-refractivity contribution in [2.75, 3.05) is 36.6 Å². The summed E-state index contributed by atoms with van der Waals surface area (Å²) < 4.78 is 7.69. The summed E-state index contributed by atoms with van der Waals surface area (Å²) in [5.41, 5.74) is 6.89. The van der Waals surface area contributed by atoms with Gasteiger partial charge in [0.15, 0.2) is 23.0 Å². The Balaban J connectivity index is 1.29. The molecule has 0 bridgehead atoms. The monoisotopic (exact) mass is 481 g/mol. The van der Waals surface area contributed by atoms with Crippen LogP contribution in [-0.4, -0.2) is 55.9 Å². The fourth-order valence-electron chi connectivity index (χ4n) is 4.51. The Hall–Kier alpha value is -4.31. The maximum atomic E-state index is 5.92. The molecule has 10 nitrogen and oxygen atoms in total. The van der Waals surface area contributed by atoms with Crippen LogP contribution in [0.2, 0.25) is 0 Å². The average Bonchev–Trinajstić information content (AvgIpc) is 3.34. The number of benzene rings is 1. The Labute approximate surface area is 208 Å². The second-order valence-electron chi connectivity index (χ2n) is 8.81. The highest BCUT2D eigenvalue weighted by atomic mass is 16.5. The van der Waals surface area contributed by atoms with E-state index in [1.807, 2.05) is 12.3 Å². The molecular weight excluding hydrogens is 454 g/mol. The summed E-state index contributed by atoms with van der Waals surface area (Å²) >= 11 is 0. The fourth-order valence-corrected chi connectivity index (χ4v) is 4.51. The highest BCUT2D eigenvalue weighted by molar-refractivity contribution is 5.90. The normalized spacial score (nSPS) is 13.8.